The molecular formula is C11H16FN3O. The summed E-state index contributed by atoms with van der Waals surface area (Å²) in [5, 5.41) is 3.12. The standard InChI is InChI=1S/C11H16FN3O/c1-7-9(12)10(14-6-13-7)15-11(3)4-5-16-8(11)2/h6,8H,4-5H2,1-3H3,(H,13,14,15). The minimum Gasteiger partial charge on any atom is -0.376 e. The van der Waals surface area contributed by atoms with Crippen molar-refractivity contribution in [3.63, 3.8) is 0 Å². The van der Waals surface area contributed by atoms with E-state index in [1.54, 1.807) is 6.92 Å². The largest absolute Gasteiger partial charge is 0.376 e. The summed E-state index contributed by atoms with van der Waals surface area (Å²) < 4.78 is 19.2. The molecule has 5 heteroatoms. The summed E-state index contributed by atoms with van der Waals surface area (Å²) in [4.78, 5) is 7.73. The van der Waals surface area contributed by atoms with E-state index in [1.807, 2.05) is 13.8 Å². The van der Waals surface area contributed by atoms with Crippen LogP contribution < -0.4 is 5.32 Å². The molecule has 2 atom stereocenters. The third-order valence-electron chi connectivity index (χ3n) is 3.25. The van der Waals surface area contributed by atoms with Gasteiger partial charge in [0.1, 0.15) is 6.33 Å². The molecule has 0 radical (unpaired) electrons. The zero-order valence-corrected chi connectivity index (χ0v) is 9.75. The van der Waals surface area contributed by atoms with Crippen molar-refractivity contribution >= 4 is 5.82 Å². The van der Waals surface area contributed by atoms with Crippen LogP contribution in [0.3, 0.4) is 0 Å². The molecular weight excluding hydrogens is 209 g/mol. The van der Waals surface area contributed by atoms with Gasteiger partial charge >= 0.3 is 0 Å². The second kappa shape index (κ2) is 3.97. The van der Waals surface area contributed by atoms with Gasteiger partial charge in [-0.05, 0) is 27.2 Å². The monoisotopic (exact) mass is 225 g/mol. The van der Waals surface area contributed by atoms with Crippen molar-refractivity contribution in [2.24, 2.45) is 0 Å². The molecule has 0 spiro atoms. The van der Waals surface area contributed by atoms with Crippen molar-refractivity contribution in [1.29, 1.82) is 0 Å². The van der Waals surface area contributed by atoms with E-state index in [0.717, 1.165) is 6.42 Å². The Morgan fingerprint density at radius 2 is 2.31 bits per heavy atom. The van der Waals surface area contributed by atoms with Crippen molar-refractivity contribution in [2.75, 3.05) is 11.9 Å². The molecule has 2 heterocycles. The van der Waals surface area contributed by atoms with Crippen molar-refractivity contribution in [1.82, 2.24) is 9.97 Å². The molecule has 1 fully saturated rings. The first-order chi connectivity index (χ1) is 7.53. The highest BCUT2D eigenvalue weighted by atomic mass is 19.1. The molecule has 0 bridgehead atoms. The second-order valence-corrected chi connectivity index (χ2v) is 4.43. The van der Waals surface area contributed by atoms with Crippen LogP contribution in [0.5, 0.6) is 0 Å². The number of aryl methyl sites for hydroxylation is 1. The molecule has 0 aromatic carbocycles. The Morgan fingerprint density at radius 1 is 1.56 bits per heavy atom. The van der Waals surface area contributed by atoms with Gasteiger partial charge < -0.3 is 10.1 Å². The first-order valence-electron chi connectivity index (χ1n) is 5.40. The van der Waals surface area contributed by atoms with Crippen LogP contribution in [0.15, 0.2) is 6.33 Å². The van der Waals surface area contributed by atoms with Crippen LogP contribution in [0, 0.1) is 12.7 Å². The topological polar surface area (TPSA) is 47.0 Å². The predicted octanol–water partition coefficient (Wildman–Crippen LogP) is 1.90. The minimum atomic E-state index is -0.386. The highest BCUT2D eigenvalue weighted by Crippen LogP contribution is 2.29. The SMILES string of the molecule is Cc1ncnc(NC2(C)CCOC2C)c1F. The maximum absolute atomic E-state index is 13.7. The average Bonchev–Trinajstić information content (AvgIpc) is 2.55. The maximum Gasteiger partial charge on any atom is 0.186 e. The molecule has 2 rings (SSSR count). The van der Waals surface area contributed by atoms with Crippen LogP contribution in [-0.4, -0.2) is 28.2 Å². The Kier molecular flexibility index (Phi) is 2.80. The third-order valence-corrected chi connectivity index (χ3v) is 3.25. The van der Waals surface area contributed by atoms with Gasteiger partial charge in [-0.25, -0.2) is 14.4 Å². The lowest BCUT2D eigenvalue weighted by molar-refractivity contribution is 0.105. The molecule has 1 aliphatic heterocycles. The molecule has 1 N–H and O–H groups in total. The molecule has 1 aromatic heterocycles. The Bertz CT molecular complexity index is 399. The van der Waals surface area contributed by atoms with Crippen LogP contribution in [0.1, 0.15) is 26.0 Å². The zero-order valence-electron chi connectivity index (χ0n) is 9.75. The molecule has 1 aliphatic rings. The summed E-state index contributed by atoms with van der Waals surface area (Å²) in [6, 6.07) is 0. The van der Waals surface area contributed by atoms with Gasteiger partial charge in [-0.3, -0.25) is 0 Å². The van der Waals surface area contributed by atoms with Gasteiger partial charge in [0.2, 0.25) is 0 Å². The Balaban J connectivity index is 2.24. The molecule has 2 unspecified atom stereocenters. The number of ether oxygens (including phenoxy) is 1. The maximum atomic E-state index is 13.7. The van der Waals surface area contributed by atoms with Crippen molar-refractivity contribution in [2.45, 2.75) is 38.8 Å². The quantitative estimate of drug-likeness (QED) is 0.835. The van der Waals surface area contributed by atoms with E-state index >= 15 is 0 Å². The highest BCUT2D eigenvalue weighted by Gasteiger charge is 2.37. The van der Waals surface area contributed by atoms with Crippen LogP contribution >= 0.6 is 0 Å². The number of hydrogen-bond donors (Lipinski definition) is 1. The van der Waals surface area contributed by atoms with E-state index in [1.165, 1.54) is 6.33 Å². The lowest BCUT2D eigenvalue weighted by atomic mass is 9.95. The molecule has 0 amide bonds. The predicted molar refractivity (Wildman–Crippen MR) is 58.8 cm³/mol. The van der Waals surface area contributed by atoms with Crippen molar-refractivity contribution in [3.05, 3.63) is 17.8 Å². The fourth-order valence-electron chi connectivity index (χ4n) is 1.81. The Hall–Kier alpha value is -1.23. The number of hydrogen-bond acceptors (Lipinski definition) is 4. The van der Waals surface area contributed by atoms with E-state index in [9.17, 15) is 4.39 Å². The minimum absolute atomic E-state index is 0.0437. The van der Waals surface area contributed by atoms with Gasteiger partial charge in [-0.1, -0.05) is 0 Å². The van der Waals surface area contributed by atoms with Gasteiger partial charge in [0.05, 0.1) is 17.3 Å². The van der Waals surface area contributed by atoms with E-state index < -0.39 is 0 Å². The summed E-state index contributed by atoms with van der Waals surface area (Å²) in [7, 11) is 0. The van der Waals surface area contributed by atoms with E-state index in [0.29, 0.717) is 12.3 Å². The normalized spacial score (nSPS) is 29.4. The summed E-state index contributed by atoms with van der Waals surface area (Å²) in [5.74, 6) is -0.129. The van der Waals surface area contributed by atoms with E-state index in [4.69, 9.17) is 4.74 Å². The third kappa shape index (κ3) is 1.87. The van der Waals surface area contributed by atoms with Gasteiger partial charge in [-0.15, -0.1) is 0 Å². The first kappa shape index (κ1) is 11.3. The summed E-state index contributed by atoms with van der Waals surface area (Å²) in [6.45, 7) is 6.31. The molecule has 88 valence electrons. The number of aromatic nitrogens is 2. The zero-order chi connectivity index (χ0) is 11.8. The Labute approximate surface area is 94.2 Å². The average molecular weight is 225 g/mol. The van der Waals surface area contributed by atoms with Crippen LogP contribution in [0.4, 0.5) is 10.2 Å². The van der Waals surface area contributed by atoms with Gasteiger partial charge in [0.15, 0.2) is 11.6 Å². The fourth-order valence-corrected chi connectivity index (χ4v) is 1.81. The lowest BCUT2D eigenvalue weighted by Crippen LogP contribution is -2.41. The fraction of sp³-hybridized carbons (Fsp3) is 0.636. The van der Waals surface area contributed by atoms with Gasteiger partial charge in [0.25, 0.3) is 0 Å². The second-order valence-electron chi connectivity index (χ2n) is 4.43. The number of nitrogens with one attached hydrogen (secondary N) is 1. The van der Waals surface area contributed by atoms with E-state index in [-0.39, 0.29) is 23.3 Å². The molecule has 1 aromatic rings. The van der Waals surface area contributed by atoms with Crippen molar-refractivity contribution < 1.29 is 9.13 Å². The van der Waals surface area contributed by atoms with Crippen LogP contribution in [-0.2, 0) is 4.74 Å². The molecule has 16 heavy (non-hydrogen) atoms. The Morgan fingerprint density at radius 3 is 2.94 bits per heavy atom. The summed E-state index contributed by atoms with van der Waals surface area (Å²) >= 11 is 0. The van der Waals surface area contributed by atoms with Crippen LogP contribution in [0.2, 0.25) is 0 Å². The lowest BCUT2D eigenvalue weighted by Gasteiger charge is -2.29. The van der Waals surface area contributed by atoms with Crippen LogP contribution in [0.25, 0.3) is 0 Å². The molecule has 4 nitrogen and oxygen atoms in total. The summed E-state index contributed by atoms with van der Waals surface area (Å²) in [6.07, 6.45) is 2.25. The molecule has 0 saturated carbocycles. The number of halogens is 1. The smallest absolute Gasteiger partial charge is 0.186 e. The first-order valence-corrected chi connectivity index (χ1v) is 5.40. The molecule has 0 aliphatic carbocycles. The van der Waals surface area contributed by atoms with Gasteiger partial charge in [0, 0.05) is 6.61 Å². The highest BCUT2D eigenvalue weighted by molar-refractivity contribution is 5.40. The summed E-state index contributed by atoms with van der Waals surface area (Å²) in [5.41, 5.74) is 0.0921. The number of rotatable bonds is 2. The number of nitrogens with zero attached hydrogens (tertiary/aromatic N) is 2. The number of anilines is 1. The van der Waals surface area contributed by atoms with Gasteiger partial charge in [-0.2, -0.15) is 0 Å². The van der Waals surface area contributed by atoms with Crippen molar-refractivity contribution in [3.8, 4) is 0 Å². The molecule has 1 saturated heterocycles. The van der Waals surface area contributed by atoms with E-state index in [2.05, 4.69) is 15.3 Å².